The summed E-state index contributed by atoms with van der Waals surface area (Å²) in [6.07, 6.45) is 4.99. The average molecular weight is 249 g/mol. The zero-order chi connectivity index (χ0) is 13.0. The Balaban J connectivity index is 1.95. The van der Waals surface area contributed by atoms with Gasteiger partial charge in [-0.15, -0.1) is 0 Å². The predicted molar refractivity (Wildman–Crippen MR) is 69.0 cm³/mol. The van der Waals surface area contributed by atoms with Gasteiger partial charge < -0.3 is 16.0 Å². The van der Waals surface area contributed by atoms with Gasteiger partial charge in [0.25, 0.3) is 5.91 Å². The van der Waals surface area contributed by atoms with E-state index in [1.165, 1.54) is 12.4 Å². The summed E-state index contributed by atoms with van der Waals surface area (Å²) in [4.78, 5) is 22.1. The number of rotatable bonds is 3. The molecule has 3 N–H and O–H groups in total. The molecule has 18 heavy (non-hydrogen) atoms. The van der Waals surface area contributed by atoms with Crippen molar-refractivity contribution in [3.8, 4) is 0 Å². The van der Waals surface area contributed by atoms with Gasteiger partial charge in [0.2, 0.25) is 0 Å². The predicted octanol–water partition coefficient (Wildman–Crippen LogP) is 0.273. The number of aromatic nitrogens is 2. The van der Waals surface area contributed by atoms with Crippen molar-refractivity contribution >= 4 is 11.7 Å². The van der Waals surface area contributed by atoms with Gasteiger partial charge in [-0.25, -0.2) is 4.98 Å². The second-order valence-corrected chi connectivity index (χ2v) is 4.54. The molecule has 0 spiro atoms. The molecule has 6 heteroatoms. The third kappa shape index (κ3) is 3.16. The number of nitrogens with two attached hydrogens (primary N) is 1. The summed E-state index contributed by atoms with van der Waals surface area (Å²) in [6, 6.07) is 0.189. The second kappa shape index (κ2) is 5.77. The van der Waals surface area contributed by atoms with Gasteiger partial charge in [-0.1, -0.05) is 6.92 Å². The van der Waals surface area contributed by atoms with E-state index in [4.69, 9.17) is 5.73 Å². The smallest absolute Gasteiger partial charge is 0.271 e. The van der Waals surface area contributed by atoms with Crippen molar-refractivity contribution in [1.29, 1.82) is 0 Å². The number of likely N-dealkylation sites (tertiary alicyclic amines) is 1. The fraction of sp³-hybridized carbons (Fsp3) is 0.583. The minimum absolute atomic E-state index is 0.189. The molecule has 1 amide bonds. The van der Waals surface area contributed by atoms with E-state index >= 15 is 0 Å². The lowest BCUT2D eigenvalue weighted by Crippen LogP contribution is -2.47. The largest absolute Gasteiger partial charge is 0.382 e. The number of amides is 1. The Morgan fingerprint density at radius 2 is 2.44 bits per heavy atom. The van der Waals surface area contributed by atoms with Crippen molar-refractivity contribution in [2.75, 3.05) is 25.4 Å². The van der Waals surface area contributed by atoms with E-state index in [2.05, 4.69) is 27.1 Å². The molecule has 6 nitrogen and oxygen atoms in total. The lowest BCUT2D eigenvalue weighted by Gasteiger charge is -2.32. The Bertz CT molecular complexity index is 423. The van der Waals surface area contributed by atoms with Gasteiger partial charge in [0.1, 0.15) is 11.5 Å². The van der Waals surface area contributed by atoms with Gasteiger partial charge in [0.05, 0.1) is 12.4 Å². The molecule has 2 heterocycles. The van der Waals surface area contributed by atoms with Crippen LogP contribution in [0.1, 0.15) is 30.3 Å². The maximum absolute atomic E-state index is 12.0. The van der Waals surface area contributed by atoms with E-state index in [0.29, 0.717) is 0 Å². The van der Waals surface area contributed by atoms with Crippen molar-refractivity contribution in [3.63, 3.8) is 0 Å². The number of anilines is 1. The van der Waals surface area contributed by atoms with Gasteiger partial charge in [-0.05, 0) is 25.9 Å². The summed E-state index contributed by atoms with van der Waals surface area (Å²) < 4.78 is 0. The van der Waals surface area contributed by atoms with Gasteiger partial charge in [0, 0.05) is 12.6 Å². The third-order valence-electron chi connectivity index (χ3n) is 3.17. The highest BCUT2D eigenvalue weighted by molar-refractivity contribution is 5.92. The van der Waals surface area contributed by atoms with Crippen LogP contribution < -0.4 is 11.1 Å². The van der Waals surface area contributed by atoms with E-state index in [1.54, 1.807) is 0 Å². The number of hydrogen-bond acceptors (Lipinski definition) is 5. The van der Waals surface area contributed by atoms with E-state index < -0.39 is 0 Å². The van der Waals surface area contributed by atoms with Crippen LogP contribution in [0.4, 0.5) is 5.82 Å². The van der Waals surface area contributed by atoms with E-state index in [-0.39, 0.29) is 23.5 Å². The lowest BCUT2D eigenvalue weighted by atomic mass is 10.1. The van der Waals surface area contributed by atoms with Gasteiger partial charge in [-0.3, -0.25) is 9.78 Å². The van der Waals surface area contributed by atoms with Crippen molar-refractivity contribution in [2.24, 2.45) is 0 Å². The second-order valence-electron chi connectivity index (χ2n) is 4.54. The summed E-state index contributed by atoms with van der Waals surface area (Å²) >= 11 is 0. The van der Waals surface area contributed by atoms with E-state index in [1.807, 2.05) is 0 Å². The maximum atomic E-state index is 12.0. The SMILES string of the molecule is CCN1CCCC(NC(=O)c2cncc(N)n2)C1. The fourth-order valence-corrected chi connectivity index (χ4v) is 2.21. The first-order chi connectivity index (χ1) is 8.69. The summed E-state index contributed by atoms with van der Waals surface area (Å²) in [5, 5.41) is 2.99. The molecule has 1 aliphatic heterocycles. The van der Waals surface area contributed by atoms with Crippen LogP contribution in [-0.4, -0.2) is 46.5 Å². The third-order valence-corrected chi connectivity index (χ3v) is 3.17. The minimum atomic E-state index is -0.197. The Kier molecular flexibility index (Phi) is 4.09. The van der Waals surface area contributed by atoms with Crippen molar-refractivity contribution < 1.29 is 4.79 Å². The van der Waals surface area contributed by atoms with Crippen LogP contribution in [-0.2, 0) is 0 Å². The van der Waals surface area contributed by atoms with Crippen molar-refractivity contribution in [3.05, 3.63) is 18.1 Å². The summed E-state index contributed by atoms with van der Waals surface area (Å²) in [6.45, 7) is 5.16. The van der Waals surface area contributed by atoms with Gasteiger partial charge >= 0.3 is 0 Å². The monoisotopic (exact) mass is 249 g/mol. The van der Waals surface area contributed by atoms with Crippen LogP contribution >= 0.6 is 0 Å². The number of likely N-dealkylation sites (N-methyl/N-ethyl adjacent to an activating group) is 1. The average Bonchev–Trinajstić information content (AvgIpc) is 2.39. The van der Waals surface area contributed by atoms with Crippen LogP contribution in [0.25, 0.3) is 0 Å². The topological polar surface area (TPSA) is 84.1 Å². The molecule has 1 atom stereocenters. The molecule has 0 aromatic carbocycles. The van der Waals surface area contributed by atoms with Crippen LogP contribution in [0, 0.1) is 0 Å². The molecule has 1 aromatic heterocycles. The molecule has 1 fully saturated rings. The molecule has 1 aromatic rings. The maximum Gasteiger partial charge on any atom is 0.271 e. The molecule has 1 aliphatic rings. The summed E-state index contributed by atoms with van der Waals surface area (Å²) in [5.41, 5.74) is 5.79. The Morgan fingerprint density at radius 1 is 1.61 bits per heavy atom. The zero-order valence-electron chi connectivity index (χ0n) is 10.6. The molecular formula is C12H19N5O. The zero-order valence-corrected chi connectivity index (χ0v) is 10.6. The Morgan fingerprint density at radius 3 is 3.17 bits per heavy atom. The standard InChI is InChI=1S/C12H19N5O/c1-2-17-5-3-4-9(8-17)15-12(18)10-6-14-7-11(13)16-10/h6-7,9H,2-5,8H2,1H3,(H2,13,16)(H,15,18). The molecule has 1 unspecified atom stereocenters. The van der Waals surface area contributed by atoms with Crippen molar-refractivity contribution in [1.82, 2.24) is 20.2 Å². The molecule has 98 valence electrons. The number of hydrogen-bond donors (Lipinski definition) is 2. The highest BCUT2D eigenvalue weighted by Crippen LogP contribution is 2.10. The highest BCUT2D eigenvalue weighted by atomic mass is 16.2. The molecule has 0 bridgehead atoms. The lowest BCUT2D eigenvalue weighted by molar-refractivity contribution is 0.0900. The number of carbonyl (C=O) groups excluding carboxylic acids is 1. The summed E-state index contributed by atoms with van der Waals surface area (Å²) in [7, 11) is 0. The molecule has 0 saturated carbocycles. The van der Waals surface area contributed by atoms with E-state index in [9.17, 15) is 4.79 Å². The van der Waals surface area contributed by atoms with Crippen molar-refractivity contribution in [2.45, 2.75) is 25.8 Å². The minimum Gasteiger partial charge on any atom is -0.382 e. The van der Waals surface area contributed by atoms with Crippen LogP contribution in [0.3, 0.4) is 0 Å². The number of nitrogen functional groups attached to an aromatic ring is 1. The number of nitrogens with one attached hydrogen (secondary N) is 1. The first-order valence-electron chi connectivity index (χ1n) is 6.29. The quantitative estimate of drug-likeness (QED) is 0.803. The Hall–Kier alpha value is -1.69. The first-order valence-corrected chi connectivity index (χ1v) is 6.29. The molecule has 0 radical (unpaired) electrons. The number of piperidine rings is 1. The molecule has 2 rings (SSSR count). The van der Waals surface area contributed by atoms with Gasteiger partial charge in [-0.2, -0.15) is 0 Å². The fourth-order valence-electron chi connectivity index (χ4n) is 2.21. The highest BCUT2D eigenvalue weighted by Gasteiger charge is 2.21. The Labute approximate surface area is 107 Å². The number of carbonyl (C=O) groups is 1. The molecular weight excluding hydrogens is 230 g/mol. The molecule has 0 aliphatic carbocycles. The first kappa shape index (κ1) is 12.8. The van der Waals surface area contributed by atoms with Crippen LogP contribution in [0.2, 0.25) is 0 Å². The molecule has 1 saturated heterocycles. The van der Waals surface area contributed by atoms with E-state index in [0.717, 1.165) is 32.5 Å². The van der Waals surface area contributed by atoms with Gasteiger partial charge in [0.15, 0.2) is 0 Å². The number of nitrogens with zero attached hydrogens (tertiary/aromatic N) is 3. The van der Waals surface area contributed by atoms with Crippen LogP contribution in [0.15, 0.2) is 12.4 Å². The normalized spacial score (nSPS) is 20.6. The van der Waals surface area contributed by atoms with Crippen LogP contribution in [0.5, 0.6) is 0 Å². The summed E-state index contributed by atoms with van der Waals surface area (Å²) in [5.74, 6) is 0.0687.